The van der Waals surface area contributed by atoms with Crippen LogP contribution in [0.4, 0.5) is 0 Å². The first-order chi connectivity index (χ1) is 7.56. The summed E-state index contributed by atoms with van der Waals surface area (Å²) in [6.07, 6.45) is 4.95. The number of rotatable bonds is 4. The molecule has 0 aromatic rings. The van der Waals surface area contributed by atoms with Crippen LogP contribution in [0.5, 0.6) is 0 Å². The Bertz CT molecular complexity index is 235. The minimum Gasteiger partial charge on any atom is -0.342 e. The molecule has 17 heavy (non-hydrogen) atoms. The number of hydrogen-bond donors (Lipinski definition) is 1. The average molecular weight is 263 g/mol. The van der Waals surface area contributed by atoms with Crippen LogP contribution in [0.1, 0.15) is 39.5 Å². The third-order valence-electron chi connectivity index (χ3n) is 3.74. The summed E-state index contributed by atoms with van der Waals surface area (Å²) < 4.78 is 0. The van der Waals surface area contributed by atoms with Gasteiger partial charge in [0.1, 0.15) is 0 Å². The maximum absolute atomic E-state index is 12.1. The summed E-state index contributed by atoms with van der Waals surface area (Å²) in [5.74, 6) is 1.15. The predicted molar refractivity (Wildman–Crippen MR) is 74.5 cm³/mol. The lowest BCUT2D eigenvalue weighted by molar-refractivity contribution is -0.136. The standard InChI is InChI=1S/C13H26N2O.ClH/c1-10-6-5-7-12(8-10)15(4)13(16)11(2)9-14-3;/h10-12,14H,5-9H2,1-4H3;1H. The summed E-state index contributed by atoms with van der Waals surface area (Å²) in [5, 5.41) is 3.07. The highest BCUT2D eigenvalue weighted by Crippen LogP contribution is 2.27. The Kier molecular flexibility index (Phi) is 7.80. The summed E-state index contributed by atoms with van der Waals surface area (Å²) in [5.41, 5.74) is 0. The highest BCUT2D eigenvalue weighted by atomic mass is 35.5. The van der Waals surface area contributed by atoms with Gasteiger partial charge < -0.3 is 10.2 Å². The van der Waals surface area contributed by atoms with E-state index in [1.165, 1.54) is 25.7 Å². The molecule has 1 aliphatic rings. The Hall–Kier alpha value is -0.280. The van der Waals surface area contributed by atoms with Gasteiger partial charge in [-0.15, -0.1) is 12.4 Å². The van der Waals surface area contributed by atoms with E-state index >= 15 is 0 Å². The van der Waals surface area contributed by atoms with Gasteiger partial charge in [0, 0.05) is 25.6 Å². The fraction of sp³-hybridized carbons (Fsp3) is 0.923. The second-order valence-corrected chi connectivity index (χ2v) is 5.33. The van der Waals surface area contributed by atoms with Gasteiger partial charge in [0.25, 0.3) is 0 Å². The van der Waals surface area contributed by atoms with Crippen molar-refractivity contribution in [3.05, 3.63) is 0 Å². The molecule has 1 N–H and O–H groups in total. The van der Waals surface area contributed by atoms with E-state index in [0.717, 1.165) is 12.5 Å². The van der Waals surface area contributed by atoms with Crippen LogP contribution in [-0.4, -0.2) is 37.5 Å². The second-order valence-electron chi connectivity index (χ2n) is 5.33. The number of carbonyl (C=O) groups excluding carboxylic acids is 1. The van der Waals surface area contributed by atoms with E-state index < -0.39 is 0 Å². The average Bonchev–Trinajstić information content (AvgIpc) is 2.27. The Morgan fingerprint density at radius 3 is 2.65 bits per heavy atom. The SMILES string of the molecule is CNCC(C)C(=O)N(C)C1CCCC(C)C1.Cl. The number of hydrogen-bond acceptors (Lipinski definition) is 2. The first kappa shape index (κ1) is 16.7. The first-order valence-corrected chi connectivity index (χ1v) is 6.47. The van der Waals surface area contributed by atoms with E-state index in [4.69, 9.17) is 0 Å². The van der Waals surface area contributed by atoms with Gasteiger partial charge in [-0.25, -0.2) is 0 Å². The first-order valence-electron chi connectivity index (χ1n) is 6.47. The Morgan fingerprint density at radius 1 is 1.47 bits per heavy atom. The number of carbonyl (C=O) groups is 1. The molecule has 0 aromatic carbocycles. The molecule has 3 unspecified atom stereocenters. The fourth-order valence-electron chi connectivity index (χ4n) is 2.67. The normalized spacial score (nSPS) is 25.9. The molecule has 0 aliphatic heterocycles. The Balaban J connectivity index is 0.00000256. The van der Waals surface area contributed by atoms with Crippen LogP contribution in [0.15, 0.2) is 0 Å². The van der Waals surface area contributed by atoms with Crippen LogP contribution in [0.2, 0.25) is 0 Å². The predicted octanol–water partition coefficient (Wildman–Crippen LogP) is 2.30. The van der Waals surface area contributed by atoms with E-state index in [1.807, 2.05) is 25.9 Å². The van der Waals surface area contributed by atoms with Gasteiger partial charge in [-0.05, 0) is 25.8 Å². The monoisotopic (exact) mass is 262 g/mol. The molecule has 3 atom stereocenters. The van der Waals surface area contributed by atoms with Crippen LogP contribution >= 0.6 is 12.4 Å². The topological polar surface area (TPSA) is 32.3 Å². The molecule has 0 radical (unpaired) electrons. The molecule has 0 heterocycles. The Labute approximate surface area is 112 Å². The zero-order valence-electron chi connectivity index (χ0n) is 11.5. The van der Waals surface area contributed by atoms with Crippen molar-refractivity contribution in [2.24, 2.45) is 11.8 Å². The van der Waals surface area contributed by atoms with Crippen LogP contribution in [0, 0.1) is 11.8 Å². The third kappa shape index (κ3) is 4.84. The molecule has 0 saturated heterocycles. The number of amides is 1. The molecule has 3 nitrogen and oxygen atoms in total. The minimum absolute atomic E-state index is 0. The molecule has 0 aromatic heterocycles. The molecule has 1 rings (SSSR count). The molecule has 0 bridgehead atoms. The van der Waals surface area contributed by atoms with Crippen molar-refractivity contribution in [3.8, 4) is 0 Å². The highest BCUT2D eigenvalue weighted by molar-refractivity contribution is 5.85. The number of nitrogens with zero attached hydrogens (tertiary/aromatic N) is 1. The molecule has 102 valence electrons. The molecule has 1 fully saturated rings. The maximum atomic E-state index is 12.1. The summed E-state index contributed by atoms with van der Waals surface area (Å²) >= 11 is 0. The van der Waals surface area contributed by atoms with Gasteiger partial charge in [-0.3, -0.25) is 4.79 Å². The summed E-state index contributed by atoms with van der Waals surface area (Å²) in [6, 6.07) is 0.468. The van der Waals surface area contributed by atoms with Gasteiger partial charge in [0.2, 0.25) is 5.91 Å². The van der Waals surface area contributed by atoms with Crippen molar-refractivity contribution in [2.45, 2.75) is 45.6 Å². The fourth-order valence-corrected chi connectivity index (χ4v) is 2.67. The van der Waals surface area contributed by atoms with Crippen LogP contribution in [-0.2, 0) is 4.79 Å². The van der Waals surface area contributed by atoms with E-state index in [9.17, 15) is 4.79 Å². The molecular formula is C13H27ClN2O. The lowest BCUT2D eigenvalue weighted by Crippen LogP contribution is -2.44. The van der Waals surface area contributed by atoms with Crippen molar-refractivity contribution in [1.29, 1.82) is 0 Å². The van der Waals surface area contributed by atoms with Gasteiger partial charge in [0.15, 0.2) is 0 Å². The quantitative estimate of drug-likeness (QED) is 0.843. The largest absolute Gasteiger partial charge is 0.342 e. The van der Waals surface area contributed by atoms with Gasteiger partial charge in [-0.1, -0.05) is 26.7 Å². The highest BCUT2D eigenvalue weighted by Gasteiger charge is 2.27. The maximum Gasteiger partial charge on any atom is 0.226 e. The molecular weight excluding hydrogens is 236 g/mol. The van der Waals surface area contributed by atoms with Crippen molar-refractivity contribution < 1.29 is 4.79 Å². The van der Waals surface area contributed by atoms with Crippen LogP contribution < -0.4 is 5.32 Å². The van der Waals surface area contributed by atoms with Crippen LogP contribution in [0.25, 0.3) is 0 Å². The molecule has 1 saturated carbocycles. The smallest absolute Gasteiger partial charge is 0.226 e. The van der Waals surface area contributed by atoms with Gasteiger partial charge in [0.05, 0.1) is 0 Å². The molecule has 4 heteroatoms. The van der Waals surface area contributed by atoms with E-state index in [2.05, 4.69) is 12.2 Å². The zero-order valence-corrected chi connectivity index (χ0v) is 12.3. The van der Waals surface area contributed by atoms with Gasteiger partial charge >= 0.3 is 0 Å². The molecule has 1 aliphatic carbocycles. The number of nitrogens with one attached hydrogen (secondary N) is 1. The lowest BCUT2D eigenvalue weighted by atomic mass is 9.86. The van der Waals surface area contributed by atoms with Crippen molar-refractivity contribution in [3.63, 3.8) is 0 Å². The second kappa shape index (κ2) is 7.93. The summed E-state index contributed by atoms with van der Waals surface area (Å²) in [6.45, 7) is 5.06. The number of halogens is 1. The molecule has 1 amide bonds. The van der Waals surface area contributed by atoms with Gasteiger partial charge in [-0.2, -0.15) is 0 Å². The Morgan fingerprint density at radius 2 is 2.12 bits per heavy atom. The molecule has 0 spiro atoms. The minimum atomic E-state index is 0. The van der Waals surface area contributed by atoms with Crippen molar-refractivity contribution in [2.75, 3.05) is 20.6 Å². The van der Waals surface area contributed by atoms with E-state index in [1.54, 1.807) is 0 Å². The zero-order chi connectivity index (χ0) is 12.1. The summed E-state index contributed by atoms with van der Waals surface area (Å²) in [4.78, 5) is 14.1. The van der Waals surface area contributed by atoms with Crippen molar-refractivity contribution >= 4 is 18.3 Å². The van der Waals surface area contributed by atoms with E-state index in [0.29, 0.717) is 6.04 Å². The van der Waals surface area contributed by atoms with E-state index in [-0.39, 0.29) is 24.2 Å². The van der Waals surface area contributed by atoms with Crippen molar-refractivity contribution in [1.82, 2.24) is 10.2 Å². The summed E-state index contributed by atoms with van der Waals surface area (Å²) in [7, 11) is 3.86. The lowest BCUT2D eigenvalue weighted by Gasteiger charge is -2.35. The third-order valence-corrected chi connectivity index (χ3v) is 3.74. The van der Waals surface area contributed by atoms with Crippen LogP contribution in [0.3, 0.4) is 0 Å².